The largest absolute Gasteiger partial charge is 0.252 e. The van der Waals surface area contributed by atoms with Gasteiger partial charge in [0, 0.05) is 0 Å². The molecule has 2 nitrogen and oxygen atoms in total. The lowest BCUT2D eigenvalue weighted by Crippen LogP contribution is -2.01. The molecule has 2 aromatic rings. The van der Waals surface area contributed by atoms with Crippen LogP contribution in [0.2, 0.25) is 0 Å². The van der Waals surface area contributed by atoms with Crippen LogP contribution in [0.1, 0.15) is 5.69 Å². The van der Waals surface area contributed by atoms with Crippen molar-refractivity contribution in [2.45, 2.75) is 0 Å². The molecule has 2 rings (SSSR count). The first kappa shape index (κ1) is 7.99. The van der Waals surface area contributed by atoms with Crippen LogP contribution >= 0.6 is 0 Å². The predicted molar refractivity (Wildman–Crippen MR) is 55.0 cm³/mol. The molecule has 1 aromatic heterocycles. The normalized spacial score (nSPS) is 10.2. The Labute approximate surface area is 77.7 Å². The van der Waals surface area contributed by atoms with Gasteiger partial charge in [-0.1, -0.05) is 18.1 Å². The van der Waals surface area contributed by atoms with Crippen LogP contribution in [0.25, 0.3) is 17.1 Å². The Balaban J connectivity index is 2.73. The highest BCUT2D eigenvalue weighted by Gasteiger charge is 1.96. The lowest BCUT2D eigenvalue weighted by Gasteiger charge is -1.98. The molecule has 1 aromatic carbocycles. The van der Waals surface area contributed by atoms with Crippen molar-refractivity contribution < 1.29 is 0 Å². The number of aromatic nitrogens is 2. The maximum absolute atomic E-state index is 5.61. The summed E-state index contributed by atoms with van der Waals surface area (Å²) >= 11 is 0. The number of fused-ring (bicyclic) bond motifs is 1. The fourth-order valence-electron chi connectivity index (χ4n) is 1.14. The Morgan fingerprint density at radius 3 is 2.92 bits per heavy atom. The molecule has 2 radical (unpaired) electrons. The summed E-state index contributed by atoms with van der Waals surface area (Å²) < 4.78 is 0. The number of hydrogen-bond donors (Lipinski definition) is 0. The Hall–Kier alpha value is -1.64. The fraction of sp³-hybridized carbons (Fsp3) is 0. The van der Waals surface area contributed by atoms with E-state index in [1.165, 1.54) is 0 Å². The molecule has 1 heterocycles. The van der Waals surface area contributed by atoms with E-state index >= 15 is 0 Å². The second-order valence-corrected chi connectivity index (χ2v) is 2.75. The van der Waals surface area contributed by atoms with Gasteiger partial charge in [0.2, 0.25) is 0 Å². The molecular formula is C10H7BN2. The van der Waals surface area contributed by atoms with Crippen molar-refractivity contribution in [3.05, 3.63) is 36.7 Å². The first-order valence-corrected chi connectivity index (χ1v) is 3.94. The van der Waals surface area contributed by atoms with Crippen LogP contribution in [0.15, 0.2) is 31.0 Å². The monoisotopic (exact) mass is 166 g/mol. The van der Waals surface area contributed by atoms with E-state index in [4.69, 9.17) is 7.85 Å². The van der Waals surface area contributed by atoms with Crippen LogP contribution in [-0.4, -0.2) is 17.8 Å². The van der Waals surface area contributed by atoms with E-state index in [-0.39, 0.29) is 0 Å². The summed E-state index contributed by atoms with van der Waals surface area (Å²) in [6.07, 6.45) is 3.34. The molecule has 0 spiro atoms. The highest BCUT2D eigenvalue weighted by molar-refractivity contribution is 6.33. The third-order valence-corrected chi connectivity index (χ3v) is 1.79. The lowest BCUT2D eigenvalue weighted by atomic mass is 9.96. The molecule has 3 heteroatoms. The zero-order valence-corrected chi connectivity index (χ0v) is 7.07. The molecule has 0 amide bonds. The van der Waals surface area contributed by atoms with E-state index in [0.717, 1.165) is 16.7 Å². The smallest absolute Gasteiger partial charge is 0.113 e. The van der Waals surface area contributed by atoms with Crippen molar-refractivity contribution in [1.82, 2.24) is 9.97 Å². The van der Waals surface area contributed by atoms with Crippen molar-refractivity contribution in [2.75, 3.05) is 0 Å². The third kappa shape index (κ3) is 1.45. The Kier molecular flexibility index (Phi) is 1.85. The molecule has 0 bridgehead atoms. The summed E-state index contributed by atoms with van der Waals surface area (Å²) in [6, 6.07) is 5.46. The maximum Gasteiger partial charge on any atom is 0.113 e. The van der Waals surface area contributed by atoms with E-state index in [9.17, 15) is 0 Å². The predicted octanol–water partition coefficient (Wildman–Crippen LogP) is 1.07. The molecule has 0 atom stereocenters. The first-order chi connectivity index (χ1) is 6.29. The van der Waals surface area contributed by atoms with E-state index < -0.39 is 0 Å². The van der Waals surface area contributed by atoms with E-state index in [1.807, 2.05) is 12.1 Å². The quantitative estimate of drug-likeness (QED) is 0.592. The van der Waals surface area contributed by atoms with Crippen molar-refractivity contribution in [3.8, 4) is 0 Å². The summed E-state index contributed by atoms with van der Waals surface area (Å²) in [4.78, 5) is 8.50. The molecule has 0 saturated heterocycles. The minimum Gasteiger partial charge on any atom is -0.252 e. The highest BCUT2D eigenvalue weighted by atomic mass is 14.8. The Morgan fingerprint density at radius 1 is 1.31 bits per heavy atom. The van der Waals surface area contributed by atoms with Gasteiger partial charge in [-0.25, -0.2) is 4.98 Å². The summed E-state index contributed by atoms with van der Waals surface area (Å²) in [5, 5.41) is 0. The van der Waals surface area contributed by atoms with E-state index in [2.05, 4.69) is 16.5 Å². The van der Waals surface area contributed by atoms with Crippen molar-refractivity contribution in [1.29, 1.82) is 0 Å². The van der Waals surface area contributed by atoms with Gasteiger partial charge in [-0.2, -0.15) is 0 Å². The number of hydrogen-bond acceptors (Lipinski definition) is 2. The van der Waals surface area contributed by atoms with Crippen LogP contribution in [0.3, 0.4) is 0 Å². The Morgan fingerprint density at radius 2 is 2.15 bits per heavy atom. The van der Waals surface area contributed by atoms with E-state index in [1.54, 1.807) is 18.3 Å². The molecule has 0 unspecified atom stereocenters. The van der Waals surface area contributed by atoms with Crippen LogP contribution < -0.4 is 5.46 Å². The van der Waals surface area contributed by atoms with Crippen LogP contribution in [0.4, 0.5) is 0 Å². The van der Waals surface area contributed by atoms with E-state index in [0.29, 0.717) is 5.46 Å². The van der Waals surface area contributed by atoms with Crippen LogP contribution in [-0.2, 0) is 0 Å². The zero-order valence-electron chi connectivity index (χ0n) is 7.07. The lowest BCUT2D eigenvalue weighted by molar-refractivity contribution is 1.27. The summed E-state index contributed by atoms with van der Waals surface area (Å²) in [5.41, 5.74) is 3.13. The minimum absolute atomic E-state index is 0.702. The first-order valence-electron chi connectivity index (χ1n) is 3.94. The highest BCUT2D eigenvalue weighted by Crippen LogP contribution is 2.07. The SMILES string of the molecule is [B]c1ccc2nc(C=C)cnc2c1. The number of rotatable bonds is 1. The van der Waals surface area contributed by atoms with Gasteiger partial charge in [0.1, 0.15) is 7.85 Å². The van der Waals surface area contributed by atoms with Gasteiger partial charge in [0.15, 0.2) is 0 Å². The number of nitrogens with zero attached hydrogens (tertiary/aromatic N) is 2. The standard InChI is InChI=1S/C10H7BN2/c1-2-8-6-12-10-5-7(11)3-4-9(10)13-8/h2-6H,1H2. The van der Waals surface area contributed by atoms with Gasteiger partial charge < -0.3 is 0 Å². The van der Waals surface area contributed by atoms with Gasteiger partial charge in [-0.3, -0.25) is 4.98 Å². The molecular weight excluding hydrogens is 159 g/mol. The minimum atomic E-state index is 0.702. The van der Waals surface area contributed by atoms with Gasteiger partial charge in [-0.05, 0) is 18.2 Å². The molecule has 0 aliphatic carbocycles. The summed E-state index contributed by atoms with van der Waals surface area (Å²) in [7, 11) is 5.61. The van der Waals surface area contributed by atoms with Gasteiger partial charge in [0.25, 0.3) is 0 Å². The second-order valence-electron chi connectivity index (χ2n) is 2.75. The Bertz CT molecular complexity index is 465. The molecule has 0 saturated carbocycles. The van der Waals surface area contributed by atoms with Crippen LogP contribution in [0.5, 0.6) is 0 Å². The zero-order chi connectivity index (χ0) is 9.26. The molecule has 0 aliphatic rings. The van der Waals surface area contributed by atoms with Gasteiger partial charge in [0.05, 0.1) is 22.9 Å². The molecule has 13 heavy (non-hydrogen) atoms. The van der Waals surface area contributed by atoms with Gasteiger partial charge >= 0.3 is 0 Å². The molecule has 0 N–H and O–H groups in total. The fourth-order valence-corrected chi connectivity index (χ4v) is 1.14. The van der Waals surface area contributed by atoms with Gasteiger partial charge in [-0.15, -0.1) is 0 Å². The molecule has 60 valence electrons. The topological polar surface area (TPSA) is 25.8 Å². The maximum atomic E-state index is 5.61. The summed E-state index contributed by atoms with van der Waals surface area (Å²) in [5.74, 6) is 0. The average Bonchev–Trinajstić information content (AvgIpc) is 2.17. The van der Waals surface area contributed by atoms with Crippen molar-refractivity contribution >= 4 is 30.4 Å². The molecule has 0 aliphatic heterocycles. The molecule has 0 fully saturated rings. The van der Waals surface area contributed by atoms with Crippen molar-refractivity contribution in [3.63, 3.8) is 0 Å². The van der Waals surface area contributed by atoms with Crippen LogP contribution in [0, 0.1) is 0 Å². The average molecular weight is 166 g/mol. The third-order valence-electron chi connectivity index (χ3n) is 1.79. The number of benzene rings is 1. The second kappa shape index (κ2) is 3.01. The van der Waals surface area contributed by atoms with Crippen molar-refractivity contribution in [2.24, 2.45) is 0 Å². The summed E-state index contributed by atoms with van der Waals surface area (Å²) in [6.45, 7) is 3.63.